The van der Waals surface area contributed by atoms with Gasteiger partial charge in [0.1, 0.15) is 29.6 Å². The fraction of sp³-hybridized carbons (Fsp3) is 0.500. The van der Waals surface area contributed by atoms with Gasteiger partial charge in [0.25, 0.3) is 0 Å². The third-order valence-electron chi connectivity index (χ3n) is 4.79. The van der Waals surface area contributed by atoms with Gasteiger partial charge >= 0.3 is 19.4 Å². The molecule has 0 saturated carbocycles. The quantitative estimate of drug-likeness (QED) is 0.249. The molecule has 2 heterocycles. The van der Waals surface area contributed by atoms with Crippen molar-refractivity contribution in [2.45, 2.75) is 55.7 Å². The predicted molar refractivity (Wildman–Crippen MR) is 128 cm³/mol. The minimum Gasteiger partial charge on any atom is -0.462 e. The first-order valence-corrected chi connectivity index (χ1v) is 13.2. The number of nitrogens with one attached hydrogen (secondary N) is 1. The van der Waals surface area contributed by atoms with Gasteiger partial charge in [0.05, 0.1) is 24.1 Å². The zero-order valence-corrected chi connectivity index (χ0v) is 21.0. The van der Waals surface area contributed by atoms with E-state index in [9.17, 15) is 24.4 Å². The van der Waals surface area contributed by atoms with Gasteiger partial charge in [-0.2, -0.15) is 10.1 Å². The van der Waals surface area contributed by atoms with Crippen LogP contribution in [0.3, 0.4) is 0 Å². The first-order chi connectivity index (χ1) is 16.5. The molecule has 35 heavy (non-hydrogen) atoms. The molecule has 0 radical (unpaired) electrons. The van der Waals surface area contributed by atoms with E-state index in [0.29, 0.717) is 0 Å². The summed E-state index contributed by atoms with van der Waals surface area (Å²) in [5.74, 6) is -0.663. The minimum absolute atomic E-state index is 0.218. The van der Waals surface area contributed by atoms with E-state index in [2.05, 4.69) is 15.1 Å². The Kier molecular flexibility index (Phi) is 8.91. The van der Waals surface area contributed by atoms with E-state index in [0.717, 1.165) is 22.7 Å². The normalized spacial score (nSPS) is 24.6. The van der Waals surface area contributed by atoms with Crippen molar-refractivity contribution in [1.29, 1.82) is 0 Å². The summed E-state index contributed by atoms with van der Waals surface area (Å²) in [6.45, 7) is 4.45. The molecule has 1 aromatic heterocycles. The van der Waals surface area contributed by atoms with E-state index < -0.39 is 48.3 Å². The van der Waals surface area contributed by atoms with Crippen molar-refractivity contribution in [3.05, 3.63) is 47.1 Å². The number of hydrogen-bond acceptors (Lipinski definition) is 12. The highest BCUT2D eigenvalue weighted by Crippen LogP contribution is 2.48. The summed E-state index contributed by atoms with van der Waals surface area (Å²) >= 11 is 1.00. The van der Waals surface area contributed by atoms with Crippen LogP contribution < -0.4 is 21.0 Å². The van der Waals surface area contributed by atoms with Gasteiger partial charge in [0, 0.05) is 0 Å². The highest BCUT2D eigenvalue weighted by molar-refractivity contribution is 8.00. The molecule has 192 valence electrons. The van der Waals surface area contributed by atoms with Crippen molar-refractivity contribution in [1.82, 2.24) is 19.6 Å². The molecule has 1 aliphatic heterocycles. The van der Waals surface area contributed by atoms with Gasteiger partial charge in [-0.3, -0.25) is 13.9 Å². The van der Waals surface area contributed by atoms with Crippen LogP contribution in [0.2, 0.25) is 0 Å². The van der Waals surface area contributed by atoms with E-state index in [1.807, 2.05) is 0 Å². The van der Waals surface area contributed by atoms with Crippen LogP contribution in [0.1, 0.15) is 26.1 Å². The van der Waals surface area contributed by atoms with Gasteiger partial charge in [-0.15, -0.1) is 11.8 Å². The Morgan fingerprint density at radius 3 is 2.57 bits per heavy atom. The van der Waals surface area contributed by atoms with E-state index in [4.69, 9.17) is 19.5 Å². The van der Waals surface area contributed by atoms with E-state index in [1.54, 1.807) is 44.2 Å². The molecule has 0 amide bonds. The maximum absolute atomic E-state index is 13.6. The largest absolute Gasteiger partial charge is 0.462 e. The minimum atomic E-state index is -4.17. The second-order valence-corrected chi connectivity index (χ2v) is 11.0. The third kappa shape index (κ3) is 7.03. The second kappa shape index (κ2) is 11.5. The van der Waals surface area contributed by atoms with Crippen LogP contribution >= 0.6 is 19.5 Å². The lowest BCUT2D eigenvalue weighted by molar-refractivity contribution is -0.149. The molecule has 1 fully saturated rings. The van der Waals surface area contributed by atoms with Gasteiger partial charge in [-0.25, -0.2) is 14.3 Å². The maximum Gasteiger partial charge on any atom is 0.459 e. The molecule has 1 saturated heterocycles. The number of nitrogens with zero attached hydrogens (tertiary/aromatic N) is 3. The van der Waals surface area contributed by atoms with Crippen LogP contribution in [0, 0.1) is 0 Å². The average molecular weight is 530 g/mol. The smallest absolute Gasteiger partial charge is 0.459 e. The molecular weight excluding hydrogens is 501 g/mol. The lowest BCUT2D eigenvalue weighted by atomic mass is 10.1. The number of thioether (sulfide) groups is 1. The summed E-state index contributed by atoms with van der Waals surface area (Å²) in [6.07, 6.45) is -1.98. The van der Waals surface area contributed by atoms with Crippen molar-refractivity contribution < 1.29 is 33.4 Å². The number of rotatable bonds is 10. The fourth-order valence-corrected chi connectivity index (χ4v) is 6.17. The number of aliphatic hydroxyl groups is 2. The number of benzene rings is 1. The number of aliphatic hydroxyl groups excluding tert-OH is 2. The number of esters is 1. The Bertz CT molecular complexity index is 1120. The van der Waals surface area contributed by atoms with Crippen molar-refractivity contribution in [2.24, 2.45) is 0 Å². The second-order valence-electron chi connectivity index (χ2n) is 7.98. The van der Waals surface area contributed by atoms with Gasteiger partial charge in [0.2, 0.25) is 5.95 Å². The zero-order valence-electron chi connectivity index (χ0n) is 19.3. The monoisotopic (exact) mass is 529 g/mol. The van der Waals surface area contributed by atoms with Crippen LogP contribution in [0.25, 0.3) is 0 Å². The first-order valence-electron chi connectivity index (χ1n) is 10.7. The number of carbonyl (C=O) groups is 1. The Morgan fingerprint density at radius 1 is 1.26 bits per heavy atom. The standard InChI is InChI=1S/C20H28N5O8PS/c1-11(2)32-18(28)12(3)24-34(30,33-13-7-5-4-6-8-13)31-9-14-15(26)16(27)17(35-14)25-10-22-19(21)23-20(25)29/h4-8,10-12,14-17,26-27H,9H2,1-3H3,(H,24,30)(H2,21,23,29)/t12-,14+,15-,16?,17+,34?/m0/s1. The Labute approximate surface area is 205 Å². The summed E-state index contributed by atoms with van der Waals surface area (Å²) in [7, 11) is -4.17. The molecule has 0 bridgehead atoms. The summed E-state index contributed by atoms with van der Waals surface area (Å²) < 4.78 is 30.9. The summed E-state index contributed by atoms with van der Waals surface area (Å²) in [5, 5.41) is 21.8. The van der Waals surface area contributed by atoms with E-state index >= 15 is 0 Å². The van der Waals surface area contributed by atoms with Crippen LogP contribution in [0.4, 0.5) is 5.95 Å². The van der Waals surface area contributed by atoms with Crippen molar-refractivity contribution in [3.8, 4) is 5.75 Å². The van der Waals surface area contributed by atoms with Gasteiger partial charge < -0.3 is 25.2 Å². The molecule has 15 heteroatoms. The van der Waals surface area contributed by atoms with Crippen molar-refractivity contribution in [2.75, 3.05) is 12.3 Å². The third-order valence-corrected chi connectivity index (χ3v) is 7.98. The topological polar surface area (TPSA) is 188 Å². The van der Waals surface area contributed by atoms with Crippen LogP contribution in [0.5, 0.6) is 5.75 Å². The number of aromatic nitrogens is 3. The Hall–Kier alpha value is -2.48. The SMILES string of the molecule is CC(C)OC(=O)[C@H](C)NP(=O)(OC[C@H]1S[C@@H](n2cnc(N)nc2=O)C(O)[C@H]1O)Oc1ccccc1. The number of anilines is 1. The number of hydrogen-bond donors (Lipinski definition) is 4. The van der Waals surface area contributed by atoms with E-state index in [1.165, 1.54) is 6.92 Å². The molecule has 5 N–H and O–H groups in total. The lowest BCUT2D eigenvalue weighted by Gasteiger charge is -2.25. The molecule has 3 rings (SSSR count). The van der Waals surface area contributed by atoms with Crippen LogP contribution in [0.15, 0.2) is 41.5 Å². The Balaban J connectivity index is 1.75. The van der Waals surface area contributed by atoms with Gasteiger partial charge in [-0.05, 0) is 32.9 Å². The zero-order chi connectivity index (χ0) is 25.8. The van der Waals surface area contributed by atoms with Crippen molar-refractivity contribution >= 4 is 31.4 Å². The molecule has 0 spiro atoms. The molecule has 1 aliphatic rings. The highest BCUT2D eigenvalue weighted by Gasteiger charge is 2.45. The molecule has 13 nitrogen and oxygen atoms in total. The summed E-state index contributed by atoms with van der Waals surface area (Å²) in [5.41, 5.74) is 4.65. The molecule has 2 aromatic rings. The Morgan fingerprint density at radius 2 is 1.94 bits per heavy atom. The lowest BCUT2D eigenvalue weighted by Crippen LogP contribution is -2.38. The number of ether oxygens (including phenoxy) is 1. The molecule has 2 unspecified atom stereocenters. The van der Waals surface area contributed by atoms with Crippen molar-refractivity contribution in [3.63, 3.8) is 0 Å². The van der Waals surface area contributed by atoms with Gasteiger partial charge in [-0.1, -0.05) is 18.2 Å². The average Bonchev–Trinajstić information content (AvgIpc) is 3.06. The van der Waals surface area contributed by atoms with Crippen LogP contribution in [-0.2, 0) is 18.6 Å². The number of nitrogen functional groups attached to an aromatic ring is 1. The predicted octanol–water partition coefficient (Wildman–Crippen LogP) is 0.690. The molecule has 1 aromatic carbocycles. The fourth-order valence-electron chi connectivity index (χ4n) is 3.13. The maximum atomic E-state index is 13.6. The first kappa shape index (κ1) is 27.1. The summed E-state index contributed by atoms with van der Waals surface area (Å²) in [6, 6.07) is 7.14. The highest BCUT2D eigenvalue weighted by atomic mass is 32.2. The molecule has 6 atom stereocenters. The number of nitrogens with two attached hydrogens (primary N) is 1. The molecular formula is C20H28N5O8PS. The van der Waals surface area contributed by atoms with E-state index in [-0.39, 0.29) is 24.4 Å². The molecule has 0 aliphatic carbocycles. The van der Waals surface area contributed by atoms with Crippen LogP contribution in [-0.4, -0.2) is 66.9 Å². The van der Waals surface area contributed by atoms with Gasteiger partial charge in [0.15, 0.2) is 0 Å². The number of carbonyl (C=O) groups excluding carboxylic acids is 1. The summed E-state index contributed by atoms with van der Waals surface area (Å²) in [4.78, 5) is 31.7. The number of para-hydroxylation sites is 1.